The van der Waals surface area contributed by atoms with Crippen molar-refractivity contribution in [2.75, 3.05) is 12.3 Å². The van der Waals surface area contributed by atoms with Gasteiger partial charge in [-0.3, -0.25) is 9.36 Å². The van der Waals surface area contributed by atoms with Crippen LogP contribution in [0.2, 0.25) is 5.02 Å². The minimum Gasteiger partial charge on any atom is -0.337 e. The van der Waals surface area contributed by atoms with Gasteiger partial charge < -0.3 is 4.90 Å². The molecule has 0 aliphatic carbocycles. The smallest absolute Gasteiger partial charge is 0.233 e. The van der Waals surface area contributed by atoms with Gasteiger partial charge in [0.05, 0.1) is 5.75 Å². The Morgan fingerprint density at radius 2 is 1.62 bits per heavy atom. The SMILES string of the molecule is O=C(CSc1nnc(-c2ccc(Cl)cc2)n1-c1ccccc1)N1CCc2ccccc2C1. The molecular formula is C25H21ClN4OS. The topological polar surface area (TPSA) is 51.0 Å². The Labute approximate surface area is 196 Å². The molecule has 0 unspecified atom stereocenters. The fraction of sp³-hybridized carbons (Fsp3) is 0.160. The van der Waals surface area contributed by atoms with E-state index in [4.69, 9.17) is 11.6 Å². The van der Waals surface area contributed by atoms with Crippen molar-refractivity contribution < 1.29 is 4.79 Å². The minimum absolute atomic E-state index is 0.111. The number of carbonyl (C=O) groups is 1. The van der Waals surface area contributed by atoms with E-state index in [2.05, 4.69) is 28.4 Å². The van der Waals surface area contributed by atoms with E-state index in [0.29, 0.717) is 22.5 Å². The second-order valence-corrected chi connectivity index (χ2v) is 8.99. The standard InChI is InChI=1S/C25H21ClN4OS/c26-21-12-10-19(11-13-21)24-27-28-25(30(24)22-8-2-1-3-9-22)32-17-23(31)29-15-14-18-6-4-5-7-20(18)16-29/h1-13H,14-17H2. The van der Waals surface area contributed by atoms with Crippen LogP contribution in [0.1, 0.15) is 11.1 Å². The van der Waals surface area contributed by atoms with Crippen LogP contribution >= 0.6 is 23.4 Å². The quantitative estimate of drug-likeness (QED) is 0.381. The van der Waals surface area contributed by atoms with Gasteiger partial charge in [-0.2, -0.15) is 0 Å². The van der Waals surface area contributed by atoms with Gasteiger partial charge in [-0.1, -0.05) is 65.8 Å². The summed E-state index contributed by atoms with van der Waals surface area (Å²) in [6, 6.07) is 25.8. The number of rotatable bonds is 5. The molecule has 7 heteroatoms. The van der Waals surface area contributed by atoms with Crippen molar-refractivity contribution in [3.63, 3.8) is 0 Å². The van der Waals surface area contributed by atoms with Crippen molar-refractivity contribution in [1.29, 1.82) is 0 Å². The highest BCUT2D eigenvalue weighted by Crippen LogP contribution is 2.29. The third-order valence-corrected chi connectivity index (χ3v) is 6.72. The molecule has 0 N–H and O–H groups in total. The minimum atomic E-state index is 0.111. The molecule has 1 amide bonds. The molecule has 0 atom stereocenters. The maximum Gasteiger partial charge on any atom is 0.233 e. The van der Waals surface area contributed by atoms with Gasteiger partial charge >= 0.3 is 0 Å². The summed E-state index contributed by atoms with van der Waals surface area (Å²) in [7, 11) is 0. The zero-order chi connectivity index (χ0) is 21.9. The van der Waals surface area contributed by atoms with E-state index in [-0.39, 0.29) is 5.91 Å². The Kier molecular flexibility index (Phi) is 5.97. The predicted octanol–water partition coefficient (Wildman–Crippen LogP) is 5.26. The largest absolute Gasteiger partial charge is 0.337 e. The number of hydrogen-bond acceptors (Lipinski definition) is 4. The number of benzene rings is 3. The van der Waals surface area contributed by atoms with Crippen LogP contribution in [0.5, 0.6) is 0 Å². The van der Waals surface area contributed by atoms with Crippen LogP contribution in [0.3, 0.4) is 0 Å². The number of halogens is 1. The molecular weight excluding hydrogens is 440 g/mol. The van der Waals surface area contributed by atoms with Gasteiger partial charge in [0.15, 0.2) is 11.0 Å². The summed E-state index contributed by atoms with van der Waals surface area (Å²) in [5.74, 6) is 1.14. The average Bonchev–Trinajstić information content (AvgIpc) is 3.27. The molecule has 32 heavy (non-hydrogen) atoms. The van der Waals surface area contributed by atoms with Gasteiger partial charge in [0.1, 0.15) is 0 Å². The van der Waals surface area contributed by atoms with Crippen molar-refractivity contribution in [2.45, 2.75) is 18.1 Å². The van der Waals surface area contributed by atoms with E-state index in [0.717, 1.165) is 30.0 Å². The summed E-state index contributed by atoms with van der Waals surface area (Å²) in [5, 5.41) is 10.2. The summed E-state index contributed by atoms with van der Waals surface area (Å²) in [4.78, 5) is 14.9. The highest BCUT2D eigenvalue weighted by molar-refractivity contribution is 7.99. The van der Waals surface area contributed by atoms with Crippen molar-refractivity contribution in [2.24, 2.45) is 0 Å². The van der Waals surface area contributed by atoms with E-state index in [1.807, 2.05) is 70.1 Å². The van der Waals surface area contributed by atoms with E-state index in [9.17, 15) is 4.79 Å². The lowest BCUT2D eigenvalue weighted by Crippen LogP contribution is -2.37. The van der Waals surface area contributed by atoms with Crippen molar-refractivity contribution in [3.8, 4) is 17.1 Å². The number of hydrogen-bond donors (Lipinski definition) is 0. The Morgan fingerprint density at radius 1 is 0.906 bits per heavy atom. The van der Waals surface area contributed by atoms with Crippen LogP contribution in [0.15, 0.2) is 84.0 Å². The second-order valence-electron chi connectivity index (χ2n) is 7.61. The van der Waals surface area contributed by atoms with E-state index in [1.54, 1.807) is 0 Å². The number of aromatic nitrogens is 3. The highest BCUT2D eigenvalue weighted by Gasteiger charge is 2.22. The number of para-hydroxylation sites is 1. The van der Waals surface area contributed by atoms with E-state index < -0.39 is 0 Å². The Morgan fingerprint density at radius 3 is 2.41 bits per heavy atom. The number of carbonyl (C=O) groups excluding carboxylic acids is 1. The van der Waals surface area contributed by atoms with Gasteiger partial charge in [0, 0.05) is 29.4 Å². The predicted molar refractivity (Wildman–Crippen MR) is 128 cm³/mol. The lowest BCUT2D eigenvalue weighted by atomic mass is 10.00. The summed E-state index contributed by atoms with van der Waals surface area (Å²) in [6.07, 6.45) is 0.896. The number of fused-ring (bicyclic) bond motifs is 1. The normalized spacial score (nSPS) is 13.1. The Bertz CT molecular complexity index is 1240. The van der Waals surface area contributed by atoms with E-state index >= 15 is 0 Å². The Hall–Kier alpha value is -3.09. The first-order chi connectivity index (χ1) is 15.7. The number of nitrogens with zero attached hydrogens (tertiary/aromatic N) is 4. The van der Waals surface area contributed by atoms with Crippen LogP contribution < -0.4 is 0 Å². The molecule has 0 saturated heterocycles. The van der Waals surface area contributed by atoms with Crippen molar-refractivity contribution >= 4 is 29.3 Å². The second kappa shape index (κ2) is 9.18. The zero-order valence-electron chi connectivity index (χ0n) is 17.3. The monoisotopic (exact) mass is 460 g/mol. The highest BCUT2D eigenvalue weighted by atomic mass is 35.5. The van der Waals surface area contributed by atoms with Crippen LogP contribution in [0.25, 0.3) is 17.1 Å². The van der Waals surface area contributed by atoms with Crippen LogP contribution in [0, 0.1) is 0 Å². The third kappa shape index (κ3) is 4.29. The molecule has 5 rings (SSSR count). The molecule has 3 aromatic carbocycles. The summed E-state index contributed by atoms with van der Waals surface area (Å²) < 4.78 is 1.99. The first kappa shape index (κ1) is 20.8. The molecule has 0 spiro atoms. The number of amides is 1. The molecule has 1 aromatic heterocycles. The molecule has 1 aliphatic heterocycles. The zero-order valence-corrected chi connectivity index (χ0v) is 18.9. The van der Waals surface area contributed by atoms with Gasteiger partial charge in [0.25, 0.3) is 0 Å². The third-order valence-electron chi connectivity index (χ3n) is 5.56. The van der Waals surface area contributed by atoms with Gasteiger partial charge in [0.2, 0.25) is 5.91 Å². The lowest BCUT2D eigenvalue weighted by molar-refractivity contribution is -0.129. The maximum atomic E-state index is 13.0. The number of thioether (sulfide) groups is 1. The van der Waals surface area contributed by atoms with Crippen LogP contribution in [-0.2, 0) is 17.8 Å². The first-order valence-corrected chi connectivity index (χ1v) is 11.8. The van der Waals surface area contributed by atoms with Crippen LogP contribution in [-0.4, -0.2) is 37.9 Å². The molecule has 0 radical (unpaired) electrons. The van der Waals surface area contributed by atoms with Crippen LogP contribution in [0.4, 0.5) is 0 Å². The van der Waals surface area contributed by atoms with Gasteiger partial charge in [-0.15, -0.1) is 10.2 Å². The maximum absolute atomic E-state index is 13.0. The lowest BCUT2D eigenvalue weighted by Gasteiger charge is -2.28. The molecule has 1 aliphatic rings. The molecule has 2 heterocycles. The van der Waals surface area contributed by atoms with Gasteiger partial charge in [-0.25, -0.2) is 0 Å². The molecule has 0 bridgehead atoms. The Balaban J connectivity index is 1.38. The molecule has 0 saturated carbocycles. The summed E-state index contributed by atoms with van der Waals surface area (Å²) in [5.41, 5.74) is 4.43. The first-order valence-electron chi connectivity index (χ1n) is 10.4. The molecule has 160 valence electrons. The fourth-order valence-electron chi connectivity index (χ4n) is 3.89. The molecule has 5 nitrogen and oxygen atoms in total. The van der Waals surface area contributed by atoms with Gasteiger partial charge in [-0.05, 0) is 53.9 Å². The molecule has 0 fully saturated rings. The van der Waals surface area contributed by atoms with E-state index in [1.165, 1.54) is 22.9 Å². The van der Waals surface area contributed by atoms with Crippen molar-refractivity contribution in [1.82, 2.24) is 19.7 Å². The fourth-order valence-corrected chi connectivity index (χ4v) is 4.87. The summed E-state index contributed by atoms with van der Waals surface area (Å²) >= 11 is 7.48. The summed E-state index contributed by atoms with van der Waals surface area (Å²) in [6.45, 7) is 1.41. The average molecular weight is 461 g/mol. The molecule has 4 aromatic rings. The van der Waals surface area contributed by atoms with Crippen molar-refractivity contribution in [3.05, 3.63) is 95.0 Å².